The minimum Gasteiger partial charge on any atom is -0.400 e. The van der Waals surface area contributed by atoms with Gasteiger partial charge in [0, 0.05) is 47.7 Å². The molecular weight excluding hydrogens is 595 g/mol. The second-order valence-electron chi connectivity index (χ2n) is 11.6. The van der Waals surface area contributed by atoms with Crippen LogP contribution in [0.1, 0.15) is 93.8 Å². The van der Waals surface area contributed by atoms with Gasteiger partial charge in [0.2, 0.25) is 0 Å². The molecule has 45 heavy (non-hydrogen) atoms. The number of carbonyl (C=O) groups excluding carboxylic acids is 2. The number of piperidine rings is 1. The Bertz CT molecular complexity index is 1430. The van der Waals surface area contributed by atoms with Crippen LogP contribution in [0.4, 0.5) is 20.2 Å². The van der Waals surface area contributed by atoms with E-state index in [1.54, 1.807) is 4.90 Å². The second-order valence-corrected chi connectivity index (χ2v) is 12.3. The third kappa shape index (κ3) is 9.04. The number of hydrogen-bond donors (Lipinski definition) is 3. The zero-order chi connectivity index (χ0) is 33.5. The predicted molar refractivity (Wildman–Crippen MR) is 180 cm³/mol. The van der Waals surface area contributed by atoms with Crippen LogP contribution in [0.5, 0.6) is 0 Å². The number of aliphatic hydroxyl groups is 1. The molecule has 1 saturated carbocycles. The highest BCUT2D eigenvalue weighted by Gasteiger charge is 2.37. The highest BCUT2D eigenvalue weighted by Crippen LogP contribution is 2.40. The number of halogens is 2. The lowest BCUT2D eigenvalue weighted by atomic mass is 9.87. The topological polar surface area (TPSA) is 135 Å². The molecule has 0 spiro atoms. The largest absolute Gasteiger partial charge is 0.400 e. The fraction of sp³-hybridized carbons (Fsp3) is 0.471. The summed E-state index contributed by atoms with van der Waals surface area (Å²) in [6.07, 6.45) is 6.26. The minimum absolute atomic E-state index is 0.0430. The summed E-state index contributed by atoms with van der Waals surface area (Å²) >= 11 is 0. The van der Waals surface area contributed by atoms with Crippen molar-refractivity contribution in [2.45, 2.75) is 89.9 Å². The molecule has 2 aromatic rings. The van der Waals surface area contributed by atoms with Crippen LogP contribution in [0, 0.1) is 5.92 Å². The molecule has 1 aliphatic carbocycles. The first-order chi connectivity index (χ1) is 21.3. The zero-order valence-corrected chi connectivity index (χ0v) is 27.8. The van der Waals surface area contributed by atoms with E-state index in [0.717, 1.165) is 30.1 Å². The van der Waals surface area contributed by atoms with Crippen molar-refractivity contribution in [1.82, 2.24) is 9.88 Å². The van der Waals surface area contributed by atoms with E-state index in [-0.39, 0.29) is 28.6 Å². The Morgan fingerprint density at radius 2 is 1.87 bits per heavy atom. The summed E-state index contributed by atoms with van der Waals surface area (Å²) in [5, 5.41) is 10.6. The molecule has 2 heterocycles. The summed E-state index contributed by atoms with van der Waals surface area (Å²) in [6.45, 7) is 11.4. The van der Waals surface area contributed by atoms with Crippen molar-refractivity contribution in [2.75, 3.05) is 12.3 Å². The number of carbonyl (C=O) groups is 2. The fourth-order valence-corrected chi connectivity index (χ4v) is 5.35. The first-order valence-corrected chi connectivity index (χ1v) is 16.1. The van der Waals surface area contributed by atoms with Gasteiger partial charge in [-0.2, -0.15) is 8.78 Å². The van der Waals surface area contributed by atoms with Crippen LogP contribution in [-0.2, 0) is 10.5 Å². The molecule has 11 heteroatoms. The summed E-state index contributed by atoms with van der Waals surface area (Å²) in [6, 6.07) is 8.71. The molecular formula is C34H46F2N5O3P. The summed E-state index contributed by atoms with van der Waals surface area (Å²) in [4.78, 5) is 34.5. The minimum atomic E-state index is -3.25. The lowest BCUT2D eigenvalue weighted by molar-refractivity contribution is -0.117. The lowest BCUT2D eigenvalue weighted by Gasteiger charge is -2.39. The molecule has 1 aromatic heterocycles. The number of alkyl halides is 2. The fourth-order valence-electron chi connectivity index (χ4n) is 5.19. The number of likely N-dealkylation sites (tertiary alicyclic amines) is 1. The van der Waals surface area contributed by atoms with Crippen LogP contribution in [0.3, 0.4) is 0 Å². The lowest BCUT2D eigenvalue weighted by Crippen LogP contribution is -2.49. The van der Waals surface area contributed by atoms with Crippen molar-refractivity contribution in [2.24, 2.45) is 16.6 Å². The van der Waals surface area contributed by atoms with Gasteiger partial charge in [0.25, 0.3) is 11.6 Å². The van der Waals surface area contributed by atoms with Gasteiger partial charge in [0.15, 0.2) is 5.78 Å². The van der Waals surface area contributed by atoms with Crippen molar-refractivity contribution >= 4 is 38.0 Å². The van der Waals surface area contributed by atoms with Crippen LogP contribution < -0.4 is 11.5 Å². The summed E-state index contributed by atoms with van der Waals surface area (Å²) in [7, 11) is 1.41. The monoisotopic (exact) mass is 641 g/mol. The number of aliphatic hydroxyl groups excluding tert-OH is 1. The third-order valence-electron chi connectivity index (χ3n) is 8.33. The van der Waals surface area contributed by atoms with E-state index in [2.05, 4.69) is 23.7 Å². The molecule has 1 saturated heterocycles. The number of aliphatic imine (C=N–C) groups is 1. The van der Waals surface area contributed by atoms with Gasteiger partial charge in [-0.05, 0) is 67.9 Å². The van der Waals surface area contributed by atoms with E-state index in [4.69, 9.17) is 16.5 Å². The molecule has 2 aliphatic rings. The number of benzene rings is 1. The Labute approximate surface area is 267 Å². The molecule has 0 bridgehead atoms. The molecule has 4 atom stereocenters. The van der Waals surface area contributed by atoms with Crippen molar-refractivity contribution in [3.05, 3.63) is 77.3 Å². The second kappa shape index (κ2) is 15.7. The maximum Gasteiger partial charge on any atom is 0.300 e. The standard InChI is InChI=1S/C27H34F2N5O2P.C7H12O/c1-3-21-24(25(31)22(35)4-2)20(33-17-9-7-16(8-10-17)15-5-6-15)11-12-34(21)26(36)18-14-32-23(13-19(18)30)27(28,29)37;1-4-6(3)7(8)5-2/h7-10,13-15,21-22,35H,3-6,11-12,31,37H2,1-2H3,(H2,30,32);5-6H,2,4H2,1,3H3/b25-24+,33-20?;. The highest BCUT2D eigenvalue weighted by atomic mass is 31.0. The average Bonchev–Trinajstić information content (AvgIpc) is 3.88. The number of anilines is 1. The Hall–Kier alpha value is -3.49. The molecule has 0 radical (unpaired) electrons. The number of allylic oxidation sites excluding steroid dienone is 1. The van der Waals surface area contributed by atoms with Gasteiger partial charge in [0.1, 0.15) is 5.69 Å². The molecule has 244 valence electrons. The number of ketones is 1. The first kappa shape index (κ1) is 36.0. The SMILES string of the molecule is C=CC(=O)C(C)CC.CCC(O)/C(N)=C1/C(=Nc2ccc(C3CC3)cc2)CCN(C(=O)c2cnc(C(F)(F)P)cc2N)C1CC. The van der Waals surface area contributed by atoms with Crippen LogP contribution in [0.2, 0.25) is 0 Å². The molecule has 5 N–H and O–H groups in total. The predicted octanol–water partition coefficient (Wildman–Crippen LogP) is 6.63. The maximum absolute atomic E-state index is 13.7. The van der Waals surface area contributed by atoms with Crippen LogP contribution in [0.25, 0.3) is 0 Å². The third-order valence-corrected chi connectivity index (χ3v) is 8.62. The van der Waals surface area contributed by atoms with Gasteiger partial charge in [-0.1, -0.05) is 55.6 Å². The van der Waals surface area contributed by atoms with E-state index in [9.17, 15) is 23.5 Å². The number of pyridine rings is 1. The number of hydrogen-bond acceptors (Lipinski definition) is 7. The number of rotatable bonds is 10. The Balaban J connectivity index is 0.000000610. The summed E-state index contributed by atoms with van der Waals surface area (Å²) in [5.41, 5.74) is 12.4. The van der Waals surface area contributed by atoms with Gasteiger partial charge in [-0.15, -0.1) is 0 Å². The van der Waals surface area contributed by atoms with E-state index < -0.39 is 29.4 Å². The van der Waals surface area contributed by atoms with Gasteiger partial charge in [-0.3, -0.25) is 19.6 Å². The molecule has 2 fully saturated rings. The van der Waals surface area contributed by atoms with Crippen molar-refractivity contribution in [3.63, 3.8) is 0 Å². The van der Waals surface area contributed by atoms with Gasteiger partial charge in [0.05, 0.1) is 23.4 Å². The molecule has 8 nitrogen and oxygen atoms in total. The van der Waals surface area contributed by atoms with E-state index in [1.807, 2.05) is 39.8 Å². The Morgan fingerprint density at radius 3 is 2.33 bits per heavy atom. The number of amides is 1. The maximum atomic E-state index is 13.7. The average molecular weight is 642 g/mol. The van der Waals surface area contributed by atoms with Gasteiger partial charge < -0.3 is 21.5 Å². The summed E-state index contributed by atoms with van der Waals surface area (Å²) < 4.78 is 27.3. The van der Waals surface area contributed by atoms with E-state index >= 15 is 0 Å². The quantitative estimate of drug-likeness (QED) is 0.197. The van der Waals surface area contributed by atoms with Crippen molar-refractivity contribution < 1.29 is 23.5 Å². The smallest absolute Gasteiger partial charge is 0.300 e. The molecule has 4 unspecified atom stereocenters. The van der Waals surface area contributed by atoms with Gasteiger partial charge in [-0.25, -0.2) is 0 Å². The van der Waals surface area contributed by atoms with Crippen LogP contribution in [0.15, 0.2) is 65.4 Å². The molecule has 4 rings (SSSR count). The summed E-state index contributed by atoms with van der Waals surface area (Å²) in [5.74, 6) is 0.518. The first-order valence-electron chi connectivity index (χ1n) is 15.5. The Morgan fingerprint density at radius 1 is 1.22 bits per heavy atom. The molecule has 1 aliphatic heterocycles. The van der Waals surface area contributed by atoms with E-state index in [0.29, 0.717) is 37.3 Å². The number of aromatic nitrogens is 1. The number of nitrogen functional groups attached to an aromatic ring is 1. The normalized spacial score (nSPS) is 20.1. The van der Waals surface area contributed by atoms with Crippen LogP contribution >= 0.6 is 9.24 Å². The van der Waals surface area contributed by atoms with E-state index in [1.165, 1.54) is 33.7 Å². The molecule has 1 amide bonds. The van der Waals surface area contributed by atoms with Crippen molar-refractivity contribution in [3.8, 4) is 0 Å². The molecule has 1 aromatic carbocycles. The highest BCUT2D eigenvalue weighted by molar-refractivity contribution is 7.17. The van der Waals surface area contributed by atoms with Gasteiger partial charge >= 0.3 is 0 Å². The van der Waals surface area contributed by atoms with Crippen LogP contribution in [-0.4, -0.2) is 51.1 Å². The number of nitrogens with two attached hydrogens (primary N) is 2. The zero-order valence-electron chi connectivity index (χ0n) is 26.6. The number of nitrogens with zero attached hydrogens (tertiary/aromatic N) is 3. The van der Waals surface area contributed by atoms with Crippen molar-refractivity contribution in [1.29, 1.82) is 0 Å². The Kier molecular flexibility index (Phi) is 12.5.